The van der Waals surface area contributed by atoms with E-state index in [0.717, 1.165) is 18.3 Å². The van der Waals surface area contributed by atoms with Gasteiger partial charge in [0, 0.05) is 12.0 Å². The normalized spacial score (nSPS) is 20.3. The molecule has 0 N–H and O–H groups in total. The molecule has 2 aliphatic rings. The van der Waals surface area contributed by atoms with Gasteiger partial charge in [-0.1, -0.05) is 11.6 Å². The molecule has 1 aromatic rings. The molecule has 0 bridgehead atoms. The Morgan fingerprint density at radius 2 is 2.07 bits per heavy atom. The zero-order valence-corrected chi connectivity index (χ0v) is 9.20. The maximum atomic E-state index is 5.92. The summed E-state index contributed by atoms with van der Waals surface area (Å²) in [6, 6.07) is 1.70. The van der Waals surface area contributed by atoms with Crippen molar-refractivity contribution in [2.45, 2.75) is 31.6 Å². The van der Waals surface area contributed by atoms with E-state index in [1.807, 2.05) is 0 Å². The van der Waals surface area contributed by atoms with E-state index >= 15 is 0 Å². The minimum absolute atomic E-state index is 0.498. The van der Waals surface area contributed by atoms with E-state index in [-0.39, 0.29) is 0 Å². The second kappa shape index (κ2) is 3.63. The Labute approximate surface area is 93.8 Å². The van der Waals surface area contributed by atoms with Crippen molar-refractivity contribution in [3.63, 3.8) is 0 Å². The highest BCUT2D eigenvalue weighted by Crippen LogP contribution is 2.39. The highest BCUT2D eigenvalue weighted by atomic mass is 35.5. The van der Waals surface area contributed by atoms with Gasteiger partial charge in [-0.05, 0) is 31.6 Å². The Morgan fingerprint density at radius 1 is 1.27 bits per heavy atom. The number of rotatable bonds is 4. The Bertz CT molecular complexity index is 375. The van der Waals surface area contributed by atoms with Crippen molar-refractivity contribution in [3.05, 3.63) is 17.0 Å². The third kappa shape index (κ3) is 2.40. The van der Waals surface area contributed by atoms with Gasteiger partial charge in [-0.25, -0.2) is 4.98 Å². The Morgan fingerprint density at radius 3 is 2.73 bits per heavy atom. The zero-order chi connectivity index (χ0) is 10.3. The van der Waals surface area contributed by atoms with Crippen LogP contribution in [0.4, 0.5) is 0 Å². The van der Waals surface area contributed by atoms with Gasteiger partial charge in [0.25, 0.3) is 0 Å². The van der Waals surface area contributed by atoms with Crippen LogP contribution in [0.5, 0.6) is 5.88 Å². The van der Waals surface area contributed by atoms with Crippen LogP contribution in [0.15, 0.2) is 6.07 Å². The predicted octanol–water partition coefficient (Wildman–Crippen LogP) is 2.80. The highest BCUT2D eigenvalue weighted by Gasteiger charge is 2.28. The second-order valence-electron chi connectivity index (χ2n) is 4.42. The van der Waals surface area contributed by atoms with Crippen molar-refractivity contribution in [1.82, 2.24) is 9.97 Å². The molecule has 0 spiro atoms. The molecule has 3 rings (SSSR count). The molecule has 1 aromatic heterocycles. The maximum Gasteiger partial charge on any atom is 0.218 e. The average molecular weight is 225 g/mol. The van der Waals surface area contributed by atoms with Crippen LogP contribution in [0.1, 0.15) is 37.4 Å². The molecule has 80 valence electrons. The lowest BCUT2D eigenvalue weighted by Crippen LogP contribution is -2.03. The molecular formula is C11H13ClN2O. The Balaban J connectivity index is 1.73. The molecule has 0 amide bonds. The number of nitrogens with zero attached hydrogens (tertiary/aromatic N) is 2. The van der Waals surface area contributed by atoms with Gasteiger partial charge in [-0.15, -0.1) is 0 Å². The lowest BCUT2D eigenvalue weighted by molar-refractivity contribution is 0.287. The molecule has 0 unspecified atom stereocenters. The predicted molar refractivity (Wildman–Crippen MR) is 57.2 cm³/mol. The van der Waals surface area contributed by atoms with Crippen LogP contribution in [0, 0.1) is 5.92 Å². The third-order valence-corrected chi connectivity index (χ3v) is 2.99. The van der Waals surface area contributed by atoms with E-state index < -0.39 is 0 Å². The van der Waals surface area contributed by atoms with Gasteiger partial charge in [0.15, 0.2) is 0 Å². The van der Waals surface area contributed by atoms with Crippen LogP contribution in [-0.2, 0) is 0 Å². The number of ether oxygens (including phenoxy) is 1. The van der Waals surface area contributed by atoms with Crippen molar-refractivity contribution in [2.75, 3.05) is 6.61 Å². The third-order valence-electron chi connectivity index (χ3n) is 2.80. The highest BCUT2D eigenvalue weighted by molar-refractivity contribution is 6.29. The summed E-state index contributed by atoms with van der Waals surface area (Å²) in [4.78, 5) is 8.59. The first-order chi connectivity index (χ1) is 7.31. The smallest absolute Gasteiger partial charge is 0.218 e. The second-order valence-corrected chi connectivity index (χ2v) is 4.80. The molecule has 3 nitrogen and oxygen atoms in total. The minimum atomic E-state index is 0.498. The lowest BCUT2D eigenvalue weighted by Gasteiger charge is -2.05. The fourth-order valence-corrected chi connectivity index (χ4v) is 1.68. The van der Waals surface area contributed by atoms with E-state index in [1.165, 1.54) is 25.7 Å². The fourth-order valence-electron chi connectivity index (χ4n) is 1.50. The summed E-state index contributed by atoms with van der Waals surface area (Å²) < 4.78 is 5.59. The molecule has 0 atom stereocenters. The Hall–Kier alpha value is -0.830. The summed E-state index contributed by atoms with van der Waals surface area (Å²) >= 11 is 5.92. The zero-order valence-electron chi connectivity index (χ0n) is 8.45. The van der Waals surface area contributed by atoms with Crippen molar-refractivity contribution in [3.8, 4) is 5.88 Å². The summed E-state index contributed by atoms with van der Waals surface area (Å²) in [7, 11) is 0. The van der Waals surface area contributed by atoms with Crippen molar-refractivity contribution >= 4 is 11.6 Å². The van der Waals surface area contributed by atoms with Crippen LogP contribution in [0.25, 0.3) is 0 Å². The number of hydrogen-bond donors (Lipinski definition) is 0. The molecule has 2 fully saturated rings. The van der Waals surface area contributed by atoms with E-state index in [0.29, 0.717) is 17.0 Å². The van der Waals surface area contributed by atoms with Gasteiger partial charge in [0.1, 0.15) is 11.0 Å². The van der Waals surface area contributed by atoms with Crippen molar-refractivity contribution in [2.24, 2.45) is 5.92 Å². The minimum Gasteiger partial charge on any atom is -0.477 e. The quantitative estimate of drug-likeness (QED) is 0.738. The van der Waals surface area contributed by atoms with Gasteiger partial charge >= 0.3 is 0 Å². The lowest BCUT2D eigenvalue weighted by atomic mass is 10.4. The molecule has 0 aliphatic heterocycles. The number of halogens is 1. The van der Waals surface area contributed by atoms with Gasteiger partial charge in [0.05, 0.1) is 6.61 Å². The van der Waals surface area contributed by atoms with Crippen LogP contribution >= 0.6 is 11.6 Å². The van der Waals surface area contributed by atoms with Crippen molar-refractivity contribution < 1.29 is 4.74 Å². The first-order valence-electron chi connectivity index (χ1n) is 5.48. The van der Waals surface area contributed by atoms with Crippen LogP contribution in [-0.4, -0.2) is 16.6 Å². The van der Waals surface area contributed by atoms with Gasteiger partial charge < -0.3 is 4.74 Å². The molecule has 4 heteroatoms. The summed E-state index contributed by atoms with van der Waals surface area (Å²) in [5.74, 6) is 2.76. The fraction of sp³-hybridized carbons (Fsp3) is 0.636. The summed E-state index contributed by atoms with van der Waals surface area (Å²) in [5, 5.41) is 0.498. The summed E-state index contributed by atoms with van der Waals surface area (Å²) in [6.07, 6.45) is 4.94. The Kier molecular flexibility index (Phi) is 2.28. The topological polar surface area (TPSA) is 35.0 Å². The maximum absolute atomic E-state index is 5.92. The van der Waals surface area contributed by atoms with E-state index in [9.17, 15) is 0 Å². The molecule has 0 radical (unpaired) electrons. The molecular weight excluding hydrogens is 212 g/mol. The number of aromatic nitrogens is 2. The molecule has 2 aliphatic carbocycles. The monoisotopic (exact) mass is 224 g/mol. The number of hydrogen-bond acceptors (Lipinski definition) is 3. The molecule has 1 heterocycles. The first-order valence-corrected chi connectivity index (χ1v) is 5.86. The summed E-state index contributed by atoms with van der Waals surface area (Å²) in [5.41, 5.74) is 0. The van der Waals surface area contributed by atoms with Crippen LogP contribution in [0.3, 0.4) is 0 Å². The first kappa shape index (κ1) is 9.40. The molecule has 2 saturated carbocycles. The van der Waals surface area contributed by atoms with Crippen LogP contribution in [0.2, 0.25) is 5.15 Å². The van der Waals surface area contributed by atoms with E-state index in [4.69, 9.17) is 16.3 Å². The molecule has 0 saturated heterocycles. The summed E-state index contributed by atoms with van der Waals surface area (Å²) in [6.45, 7) is 0.775. The van der Waals surface area contributed by atoms with E-state index in [1.54, 1.807) is 6.07 Å². The van der Waals surface area contributed by atoms with Crippen LogP contribution < -0.4 is 4.74 Å². The average Bonchev–Trinajstić information content (AvgIpc) is 3.06. The van der Waals surface area contributed by atoms with Gasteiger partial charge in [-0.3, -0.25) is 0 Å². The molecule has 0 aromatic carbocycles. The SMILES string of the molecule is Clc1cc(OCC2CC2)nc(C2CC2)n1. The van der Waals surface area contributed by atoms with Gasteiger partial charge in [0.2, 0.25) is 5.88 Å². The molecule has 15 heavy (non-hydrogen) atoms. The standard InChI is InChI=1S/C11H13ClN2O/c12-9-5-10(15-6-7-1-2-7)14-11(13-9)8-3-4-8/h5,7-8H,1-4,6H2. The largest absolute Gasteiger partial charge is 0.477 e. The van der Waals surface area contributed by atoms with Gasteiger partial charge in [-0.2, -0.15) is 4.98 Å². The van der Waals surface area contributed by atoms with E-state index in [2.05, 4.69) is 9.97 Å². The van der Waals surface area contributed by atoms with Crippen molar-refractivity contribution in [1.29, 1.82) is 0 Å².